The zero-order valence-electron chi connectivity index (χ0n) is 11.1. The molecule has 1 saturated heterocycles. The van der Waals surface area contributed by atoms with Crippen molar-refractivity contribution in [2.75, 3.05) is 0 Å². The summed E-state index contributed by atoms with van der Waals surface area (Å²) in [5.74, 6) is 2.22. The topological polar surface area (TPSA) is 18.5 Å². The predicted octanol–water partition coefficient (Wildman–Crippen LogP) is 3.16. The van der Waals surface area contributed by atoms with Crippen LogP contribution >= 0.6 is 0 Å². The Hall–Kier alpha value is -1.30. The molecular formula is C16H20O2. The fourth-order valence-corrected chi connectivity index (χ4v) is 2.39. The van der Waals surface area contributed by atoms with E-state index in [1.54, 1.807) is 0 Å². The first-order valence-corrected chi connectivity index (χ1v) is 6.58. The molecule has 1 aliphatic rings. The summed E-state index contributed by atoms with van der Waals surface area (Å²) in [6.45, 7) is 4.14. The number of benzene rings is 1. The summed E-state index contributed by atoms with van der Waals surface area (Å²) in [6.07, 6.45) is 7.72. The molecule has 0 saturated carbocycles. The minimum atomic E-state index is -0.490. The van der Waals surface area contributed by atoms with Crippen molar-refractivity contribution in [3.63, 3.8) is 0 Å². The highest BCUT2D eigenvalue weighted by atomic mass is 16.8. The number of rotatable bonds is 4. The highest BCUT2D eigenvalue weighted by Gasteiger charge is 2.44. The second kappa shape index (κ2) is 5.56. The standard InChI is InChI=1S/C16H20O2/c1-4-14-15(12-13-10-8-7-9-11-13)18-16(5-2,6-3)17-14/h1,7-11,14-15H,5-6,12H2,2-3H3/t14-,15-/m1/s1. The SMILES string of the molecule is C#C[C@H]1OC(CC)(CC)O[C@@H]1Cc1ccccc1. The third-order valence-electron chi connectivity index (χ3n) is 3.57. The largest absolute Gasteiger partial charge is 0.343 e. The summed E-state index contributed by atoms with van der Waals surface area (Å²) in [5.41, 5.74) is 1.23. The lowest BCUT2D eigenvalue weighted by Gasteiger charge is -2.24. The van der Waals surface area contributed by atoms with Crippen molar-refractivity contribution < 1.29 is 9.47 Å². The van der Waals surface area contributed by atoms with Crippen LogP contribution in [0.5, 0.6) is 0 Å². The monoisotopic (exact) mass is 244 g/mol. The van der Waals surface area contributed by atoms with E-state index in [0.717, 1.165) is 19.3 Å². The van der Waals surface area contributed by atoms with Gasteiger partial charge in [-0.2, -0.15) is 0 Å². The van der Waals surface area contributed by atoms with Gasteiger partial charge in [0.1, 0.15) is 12.2 Å². The molecule has 1 heterocycles. The first-order valence-electron chi connectivity index (χ1n) is 6.58. The van der Waals surface area contributed by atoms with Gasteiger partial charge in [-0.1, -0.05) is 50.1 Å². The van der Waals surface area contributed by atoms with Gasteiger partial charge in [0.15, 0.2) is 5.79 Å². The van der Waals surface area contributed by atoms with Gasteiger partial charge in [-0.25, -0.2) is 0 Å². The fraction of sp³-hybridized carbons (Fsp3) is 0.500. The molecule has 0 aromatic heterocycles. The average molecular weight is 244 g/mol. The molecule has 0 spiro atoms. The van der Waals surface area contributed by atoms with Gasteiger partial charge in [-0.15, -0.1) is 6.42 Å². The average Bonchev–Trinajstić information content (AvgIpc) is 2.79. The molecule has 2 heteroatoms. The molecule has 0 unspecified atom stereocenters. The van der Waals surface area contributed by atoms with E-state index >= 15 is 0 Å². The van der Waals surface area contributed by atoms with E-state index in [1.807, 2.05) is 18.2 Å². The van der Waals surface area contributed by atoms with Crippen LogP contribution in [0, 0.1) is 12.3 Å². The van der Waals surface area contributed by atoms with Crippen molar-refractivity contribution in [3.05, 3.63) is 35.9 Å². The van der Waals surface area contributed by atoms with Gasteiger partial charge in [0, 0.05) is 6.42 Å². The maximum absolute atomic E-state index is 6.09. The predicted molar refractivity (Wildman–Crippen MR) is 72.0 cm³/mol. The summed E-state index contributed by atoms with van der Waals surface area (Å²) < 4.78 is 12.0. The van der Waals surface area contributed by atoms with E-state index in [4.69, 9.17) is 15.9 Å². The Bertz CT molecular complexity index is 414. The minimum absolute atomic E-state index is 0.0442. The van der Waals surface area contributed by atoms with E-state index in [1.165, 1.54) is 5.56 Å². The molecule has 0 bridgehead atoms. The first kappa shape index (κ1) is 13.1. The lowest BCUT2D eigenvalue weighted by atomic mass is 10.0. The third kappa shape index (κ3) is 2.58. The Morgan fingerprint density at radius 1 is 1.17 bits per heavy atom. The summed E-state index contributed by atoms with van der Waals surface area (Å²) in [5, 5.41) is 0. The zero-order chi connectivity index (χ0) is 13.0. The quantitative estimate of drug-likeness (QED) is 0.757. The molecule has 0 radical (unpaired) electrons. The van der Waals surface area contributed by atoms with Crippen LogP contribution in [0.1, 0.15) is 32.3 Å². The molecule has 2 atom stereocenters. The normalized spacial score (nSPS) is 25.8. The van der Waals surface area contributed by atoms with Crippen LogP contribution in [0.15, 0.2) is 30.3 Å². The van der Waals surface area contributed by atoms with Gasteiger partial charge in [-0.3, -0.25) is 0 Å². The van der Waals surface area contributed by atoms with Crippen molar-refractivity contribution >= 4 is 0 Å². The molecule has 2 nitrogen and oxygen atoms in total. The molecule has 1 aliphatic heterocycles. The van der Waals surface area contributed by atoms with Crippen molar-refractivity contribution in [2.24, 2.45) is 0 Å². The van der Waals surface area contributed by atoms with E-state index in [9.17, 15) is 0 Å². The van der Waals surface area contributed by atoms with Crippen molar-refractivity contribution in [2.45, 2.75) is 51.1 Å². The summed E-state index contributed by atoms with van der Waals surface area (Å²) >= 11 is 0. The molecule has 96 valence electrons. The molecule has 0 aliphatic carbocycles. The van der Waals surface area contributed by atoms with Gasteiger partial charge in [0.2, 0.25) is 0 Å². The third-order valence-corrected chi connectivity index (χ3v) is 3.57. The molecule has 1 fully saturated rings. The number of hydrogen-bond donors (Lipinski definition) is 0. The summed E-state index contributed by atoms with van der Waals surface area (Å²) in [6, 6.07) is 10.3. The van der Waals surface area contributed by atoms with Crippen LogP contribution in [0.4, 0.5) is 0 Å². The zero-order valence-corrected chi connectivity index (χ0v) is 11.1. The second-order valence-electron chi connectivity index (χ2n) is 4.67. The number of ether oxygens (including phenoxy) is 2. The first-order chi connectivity index (χ1) is 8.73. The lowest BCUT2D eigenvalue weighted by molar-refractivity contribution is -0.175. The van der Waals surface area contributed by atoms with E-state index in [-0.39, 0.29) is 12.2 Å². The van der Waals surface area contributed by atoms with Crippen LogP contribution in [0.25, 0.3) is 0 Å². The van der Waals surface area contributed by atoms with Crippen LogP contribution in [-0.2, 0) is 15.9 Å². The Morgan fingerprint density at radius 2 is 1.83 bits per heavy atom. The molecule has 1 aromatic carbocycles. The highest BCUT2D eigenvalue weighted by molar-refractivity contribution is 5.18. The Kier molecular flexibility index (Phi) is 4.06. The van der Waals surface area contributed by atoms with Crippen LogP contribution < -0.4 is 0 Å². The van der Waals surface area contributed by atoms with Crippen molar-refractivity contribution in [3.8, 4) is 12.3 Å². The molecule has 0 amide bonds. The second-order valence-corrected chi connectivity index (χ2v) is 4.67. The fourth-order valence-electron chi connectivity index (χ4n) is 2.39. The van der Waals surface area contributed by atoms with Gasteiger partial charge < -0.3 is 9.47 Å². The van der Waals surface area contributed by atoms with E-state index in [0.29, 0.717) is 0 Å². The van der Waals surface area contributed by atoms with Gasteiger partial charge >= 0.3 is 0 Å². The maximum Gasteiger partial charge on any atom is 0.170 e. The van der Waals surface area contributed by atoms with E-state index in [2.05, 4.69) is 31.9 Å². The highest BCUT2D eigenvalue weighted by Crippen LogP contribution is 2.35. The number of hydrogen-bond acceptors (Lipinski definition) is 2. The molecule has 2 rings (SSSR count). The minimum Gasteiger partial charge on any atom is -0.343 e. The Balaban J connectivity index is 2.11. The Morgan fingerprint density at radius 3 is 2.39 bits per heavy atom. The molecule has 1 aromatic rings. The van der Waals surface area contributed by atoms with Gasteiger partial charge in [-0.05, 0) is 18.4 Å². The molecular weight excluding hydrogens is 224 g/mol. The van der Waals surface area contributed by atoms with Gasteiger partial charge in [0.05, 0.1) is 0 Å². The van der Waals surface area contributed by atoms with Crippen LogP contribution in [0.3, 0.4) is 0 Å². The lowest BCUT2D eigenvalue weighted by Crippen LogP contribution is -2.29. The van der Waals surface area contributed by atoms with Gasteiger partial charge in [0.25, 0.3) is 0 Å². The smallest absolute Gasteiger partial charge is 0.170 e. The van der Waals surface area contributed by atoms with Crippen molar-refractivity contribution in [1.82, 2.24) is 0 Å². The molecule has 18 heavy (non-hydrogen) atoms. The summed E-state index contributed by atoms with van der Waals surface area (Å²) in [4.78, 5) is 0. The van der Waals surface area contributed by atoms with E-state index < -0.39 is 5.79 Å². The van der Waals surface area contributed by atoms with Crippen LogP contribution in [-0.4, -0.2) is 18.0 Å². The van der Waals surface area contributed by atoms with Crippen molar-refractivity contribution in [1.29, 1.82) is 0 Å². The molecule has 0 N–H and O–H groups in total. The summed E-state index contributed by atoms with van der Waals surface area (Å²) in [7, 11) is 0. The Labute approximate surface area is 109 Å². The van der Waals surface area contributed by atoms with Crippen LogP contribution in [0.2, 0.25) is 0 Å². The maximum atomic E-state index is 6.09. The number of terminal acetylenes is 1.